The molecule has 0 saturated heterocycles. The molecule has 0 radical (unpaired) electrons. The van der Waals surface area contributed by atoms with Crippen molar-refractivity contribution in [2.24, 2.45) is 5.73 Å². The molecule has 0 aliphatic heterocycles. The molecule has 1 heterocycles. The lowest BCUT2D eigenvalue weighted by molar-refractivity contribution is 0.627. The average Bonchev–Trinajstić information content (AvgIpc) is 2.40. The highest BCUT2D eigenvalue weighted by Crippen LogP contribution is 2.27. The van der Waals surface area contributed by atoms with Gasteiger partial charge in [-0.3, -0.25) is 4.98 Å². The zero-order valence-corrected chi connectivity index (χ0v) is 11.4. The smallest absolute Gasteiger partial charge is 0.124 e. The third-order valence-corrected chi connectivity index (χ3v) is 3.23. The van der Waals surface area contributed by atoms with Crippen LogP contribution >= 0.6 is 15.9 Å². The number of hydrogen-bond acceptors (Lipinski definition) is 3. The Labute approximate surface area is 118 Å². The molecular weight excluding hydrogens is 309 g/mol. The van der Waals surface area contributed by atoms with Crippen LogP contribution in [0.1, 0.15) is 11.1 Å². The van der Waals surface area contributed by atoms with Gasteiger partial charge in [0.2, 0.25) is 0 Å². The van der Waals surface area contributed by atoms with Crippen molar-refractivity contribution < 1.29 is 4.39 Å². The molecule has 1 aromatic carbocycles. The minimum Gasteiger partial charge on any atom is -0.397 e. The number of pyridine rings is 1. The summed E-state index contributed by atoms with van der Waals surface area (Å²) in [5.74, 6) is -0.370. The highest BCUT2D eigenvalue weighted by Gasteiger charge is 2.11. The first kappa shape index (κ1) is 13.2. The van der Waals surface area contributed by atoms with Gasteiger partial charge in [0.15, 0.2) is 0 Å². The largest absolute Gasteiger partial charge is 0.397 e. The molecule has 2 aromatic rings. The molecular formula is C14H9BrFN3. The zero-order valence-electron chi connectivity index (χ0n) is 9.77. The zero-order chi connectivity index (χ0) is 13.8. The minimum atomic E-state index is -0.370. The molecule has 1 aromatic heterocycles. The van der Waals surface area contributed by atoms with Crippen LogP contribution in [0.4, 0.5) is 4.39 Å². The first-order valence-electron chi connectivity index (χ1n) is 5.39. The van der Waals surface area contributed by atoms with Crippen LogP contribution in [0.15, 0.2) is 47.2 Å². The van der Waals surface area contributed by atoms with Gasteiger partial charge in [-0.15, -0.1) is 0 Å². The van der Waals surface area contributed by atoms with E-state index in [0.29, 0.717) is 26.9 Å². The molecule has 5 heteroatoms. The number of rotatable bonds is 2. The number of allylic oxidation sites excluding steroid dienone is 1. The molecule has 19 heavy (non-hydrogen) atoms. The van der Waals surface area contributed by atoms with Crippen molar-refractivity contribution in [3.8, 4) is 6.07 Å². The Balaban J connectivity index is 2.59. The van der Waals surface area contributed by atoms with Crippen molar-refractivity contribution in [2.45, 2.75) is 0 Å². The summed E-state index contributed by atoms with van der Waals surface area (Å²) < 4.78 is 13.6. The van der Waals surface area contributed by atoms with Crippen molar-refractivity contribution in [1.29, 1.82) is 5.26 Å². The molecule has 2 N–H and O–H groups in total. The first-order valence-corrected chi connectivity index (χ1v) is 6.18. The Morgan fingerprint density at radius 3 is 2.53 bits per heavy atom. The summed E-state index contributed by atoms with van der Waals surface area (Å²) in [6.45, 7) is 0. The van der Waals surface area contributed by atoms with Crippen molar-refractivity contribution in [2.75, 3.05) is 0 Å². The summed E-state index contributed by atoms with van der Waals surface area (Å²) >= 11 is 3.24. The van der Waals surface area contributed by atoms with E-state index in [1.54, 1.807) is 24.5 Å². The van der Waals surface area contributed by atoms with Crippen LogP contribution in [0.2, 0.25) is 0 Å². The van der Waals surface area contributed by atoms with Crippen molar-refractivity contribution in [3.63, 3.8) is 0 Å². The molecule has 94 valence electrons. The quantitative estimate of drug-likeness (QED) is 0.864. The molecule has 0 spiro atoms. The van der Waals surface area contributed by atoms with E-state index in [9.17, 15) is 9.65 Å². The Morgan fingerprint density at radius 1 is 1.26 bits per heavy atom. The molecule has 0 unspecified atom stereocenters. The van der Waals surface area contributed by atoms with E-state index in [4.69, 9.17) is 5.73 Å². The topological polar surface area (TPSA) is 62.7 Å². The average molecular weight is 318 g/mol. The molecule has 0 atom stereocenters. The number of halogens is 2. The summed E-state index contributed by atoms with van der Waals surface area (Å²) in [5, 5.41) is 9.26. The number of hydrogen-bond donors (Lipinski definition) is 1. The monoisotopic (exact) mass is 317 g/mol. The fourth-order valence-corrected chi connectivity index (χ4v) is 2.21. The lowest BCUT2D eigenvalue weighted by atomic mass is 10.0. The van der Waals surface area contributed by atoms with E-state index < -0.39 is 0 Å². The predicted molar refractivity (Wildman–Crippen MR) is 75.0 cm³/mol. The number of nitrogens with zero attached hydrogens (tertiary/aromatic N) is 2. The van der Waals surface area contributed by atoms with Gasteiger partial charge in [-0.25, -0.2) is 4.39 Å². The van der Waals surface area contributed by atoms with Crippen LogP contribution in [0.25, 0.3) is 11.3 Å². The van der Waals surface area contributed by atoms with Gasteiger partial charge in [-0.1, -0.05) is 0 Å². The Hall–Kier alpha value is -2.19. The van der Waals surface area contributed by atoms with Gasteiger partial charge in [0, 0.05) is 22.4 Å². The third kappa shape index (κ3) is 2.80. The van der Waals surface area contributed by atoms with Gasteiger partial charge in [0.25, 0.3) is 0 Å². The van der Waals surface area contributed by atoms with Gasteiger partial charge < -0.3 is 5.73 Å². The fourth-order valence-electron chi connectivity index (χ4n) is 1.64. The SMILES string of the molecule is N#C/C(=C(/N)c1ccc(F)cc1Br)c1ccncc1. The standard InChI is InChI=1S/C14H9BrFN3/c15-13-7-10(16)1-2-11(13)14(18)12(8-17)9-3-5-19-6-4-9/h1-7H,18H2/b14-12-. The summed E-state index contributed by atoms with van der Waals surface area (Å²) in [7, 11) is 0. The van der Waals surface area contributed by atoms with Gasteiger partial charge in [0.1, 0.15) is 11.9 Å². The summed E-state index contributed by atoms with van der Waals surface area (Å²) in [4.78, 5) is 3.89. The van der Waals surface area contributed by atoms with Crippen molar-refractivity contribution in [3.05, 3.63) is 64.1 Å². The molecule has 0 bridgehead atoms. The second-order valence-corrected chi connectivity index (χ2v) is 4.61. The molecule has 0 aliphatic carbocycles. The maximum atomic E-state index is 13.1. The lowest BCUT2D eigenvalue weighted by Gasteiger charge is -2.08. The Bertz CT molecular complexity index is 675. The van der Waals surface area contributed by atoms with E-state index >= 15 is 0 Å². The predicted octanol–water partition coefficient (Wildman–Crippen LogP) is 3.33. The first-order chi connectivity index (χ1) is 9.13. The molecule has 0 saturated carbocycles. The van der Waals surface area contributed by atoms with Crippen LogP contribution in [0.3, 0.4) is 0 Å². The van der Waals surface area contributed by atoms with Crippen LogP contribution in [0.5, 0.6) is 0 Å². The second-order valence-electron chi connectivity index (χ2n) is 3.76. The summed E-state index contributed by atoms with van der Waals surface area (Å²) in [6.07, 6.45) is 3.17. The van der Waals surface area contributed by atoms with E-state index in [1.807, 2.05) is 0 Å². The van der Waals surface area contributed by atoms with E-state index in [-0.39, 0.29) is 5.82 Å². The van der Waals surface area contributed by atoms with Crippen LogP contribution < -0.4 is 5.73 Å². The molecule has 2 rings (SSSR count). The third-order valence-electron chi connectivity index (χ3n) is 2.57. The van der Waals surface area contributed by atoms with Crippen LogP contribution in [0, 0.1) is 17.1 Å². The molecule has 3 nitrogen and oxygen atoms in total. The summed E-state index contributed by atoms with van der Waals surface area (Å²) in [5.41, 5.74) is 7.89. The van der Waals surface area contributed by atoms with Crippen molar-refractivity contribution in [1.82, 2.24) is 4.98 Å². The normalized spacial score (nSPS) is 11.6. The Morgan fingerprint density at radius 2 is 1.95 bits per heavy atom. The fraction of sp³-hybridized carbons (Fsp3) is 0. The maximum Gasteiger partial charge on any atom is 0.124 e. The van der Waals surface area contributed by atoms with Crippen LogP contribution in [-0.4, -0.2) is 4.98 Å². The minimum absolute atomic E-state index is 0.292. The van der Waals surface area contributed by atoms with Gasteiger partial charge >= 0.3 is 0 Å². The van der Waals surface area contributed by atoms with E-state index in [0.717, 1.165) is 0 Å². The van der Waals surface area contributed by atoms with Crippen molar-refractivity contribution >= 4 is 27.2 Å². The van der Waals surface area contributed by atoms with E-state index in [2.05, 4.69) is 27.0 Å². The second kappa shape index (κ2) is 5.63. The van der Waals surface area contributed by atoms with E-state index in [1.165, 1.54) is 18.2 Å². The summed E-state index contributed by atoms with van der Waals surface area (Å²) in [6, 6.07) is 9.61. The number of benzene rings is 1. The number of nitriles is 1. The molecule has 0 fully saturated rings. The van der Waals surface area contributed by atoms with Gasteiger partial charge in [-0.2, -0.15) is 5.26 Å². The van der Waals surface area contributed by atoms with Gasteiger partial charge in [-0.05, 0) is 51.8 Å². The van der Waals surface area contributed by atoms with Gasteiger partial charge in [0.05, 0.1) is 11.3 Å². The molecule has 0 amide bonds. The lowest BCUT2D eigenvalue weighted by Crippen LogP contribution is -2.02. The highest BCUT2D eigenvalue weighted by atomic mass is 79.9. The maximum absolute atomic E-state index is 13.1. The van der Waals surface area contributed by atoms with Crippen LogP contribution in [-0.2, 0) is 0 Å². The highest BCUT2D eigenvalue weighted by molar-refractivity contribution is 9.10. The molecule has 0 aliphatic rings. The Kier molecular flexibility index (Phi) is 3.93. The number of nitrogens with two attached hydrogens (primary N) is 1. The number of aromatic nitrogens is 1.